The molecule has 1 aromatic heterocycles. The molecule has 2 aromatic rings. The van der Waals surface area contributed by atoms with Crippen LogP contribution in [0.4, 0.5) is 4.39 Å². The number of halogens is 1. The van der Waals surface area contributed by atoms with E-state index in [1.807, 2.05) is 6.07 Å². The highest BCUT2D eigenvalue weighted by Crippen LogP contribution is 2.22. The number of carbonyl (C=O) groups is 1. The number of amides is 1. The van der Waals surface area contributed by atoms with Crippen LogP contribution in [0.15, 0.2) is 47.6 Å². The summed E-state index contributed by atoms with van der Waals surface area (Å²) in [5, 5.41) is 0. The Kier molecular flexibility index (Phi) is 7.74. The minimum Gasteiger partial charge on any atom is -0.376 e. The van der Waals surface area contributed by atoms with Crippen molar-refractivity contribution in [2.45, 2.75) is 44.2 Å². The van der Waals surface area contributed by atoms with Gasteiger partial charge < -0.3 is 9.64 Å². The van der Waals surface area contributed by atoms with Crippen LogP contribution in [0.3, 0.4) is 0 Å². The highest BCUT2D eigenvalue weighted by molar-refractivity contribution is 7.89. The van der Waals surface area contributed by atoms with E-state index in [1.165, 1.54) is 15.3 Å². The second-order valence-corrected chi connectivity index (χ2v) is 9.35. The van der Waals surface area contributed by atoms with Crippen molar-refractivity contribution in [2.24, 2.45) is 0 Å². The Morgan fingerprint density at radius 2 is 2.03 bits per heavy atom. The smallest absolute Gasteiger partial charge is 0.257 e. The van der Waals surface area contributed by atoms with Crippen LogP contribution in [-0.2, 0) is 21.3 Å². The van der Waals surface area contributed by atoms with E-state index in [0.29, 0.717) is 13.2 Å². The molecule has 1 fully saturated rings. The van der Waals surface area contributed by atoms with E-state index in [1.54, 1.807) is 32.3 Å². The van der Waals surface area contributed by atoms with E-state index in [0.717, 1.165) is 30.5 Å². The molecule has 1 amide bonds. The fraction of sp³-hybridized carbons (Fsp3) is 0.455. The van der Waals surface area contributed by atoms with Crippen molar-refractivity contribution in [1.82, 2.24) is 14.2 Å². The second kappa shape index (κ2) is 10.3. The highest BCUT2D eigenvalue weighted by Gasteiger charge is 2.28. The standard InChI is InChI=1S/C22H28FN3O4S/c1-3-26(4-2)31(28,29)19-9-10-21(23)20(13-19)22(27)25(16-18-8-6-12-30-18)15-17-7-5-11-24-14-17/h5,7,9-11,13-14,18H,3-4,6,8,12,15-16H2,1-2H3. The summed E-state index contributed by atoms with van der Waals surface area (Å²) in [4.78, 5) is 18.8. The second-order valence-electron chi connectivity index (χ2n) is 7.41. The Balaban J connectivity index is 1.94. The van der Waals surface area contributed by atoms with Crippen molar-refractivity contribution in [2.75, 3.05) is 26.2 Å². The summed E-state index contributed by atoms with van der Waals surface area (Å²) < 4.78 is 47.4. The fourth-order valence-corrected chi connectivity index (χ4v) is 5.16. The first-order valence-electron chi connectivity index (χ1n) is 10.5. The van der Waals surface area contributed by atoms with Crippen molar-refractivity contribution in [3.8, 4) is 0 Å². The third-order valence-corrected chi connectivity index (χ3v) is 7.39. The van der Waals surface area contributed by atoms with Crippen LogP contribution in [0, 0.1) is 5.82 Å². The van der Waals surface area contributed by atoms with Crippen LogP contribution in [0.2, 0.25) is 0 Å². The molecule has 1 unspecified atom stereocenters. The first-order valence-corrected chi connectivity index (χ1v) is 11.9. The van der Waals surface area contributed by atoms with Gasteiger partial charge in [-0.3, -0.25) is 9.78 Å². The van der Waals surface area contributed by atoms with Gasteiger partial charge in [-0.05, 0) is 42.7 Å². The molecule has 168 valence electrons. The number of pyridine rings is 1. The Morgan fingerprint density at radius 3 is 2.65 bits per heavy atom. The lowest BCUT2D eigenvalue weighted by Crippen LogP contribution is -2.37. The number of hydrogen-bond acceptors (Lipinski definition) is 5. The van der Waals surface area contributed by atoms with Gasteiger partial charge in [-0.1, -0.05) is 19.9 Å². The summed E-state index contributed by atoms with van der Waals surface area (Å²) in [6, 6.07) is 6.97. The number of hydrogen-bond donors (Lipinski definition) is 0. The summed E-state index contributed by atoms with van der Waals surface area (Å²) >= 11 is 0. The molecule has 0 bridgehead atoms. The van der Waals surface area contributed by atoms with Crippen LogP contribution in [0.5, 0.6) is 0 Å². The van der Waals surface area contributed by atoms with E-state index < -0.39 is 21.7 Å². The normalized spacial score (nSPS) is 16.6. The fourth-order valence-electron chi connectivity index (χ4n) is 3.68. The van der Waals surface area contributed by atoms with Crippen molar-refractivity contribution in [1.29, 1.82) is 0 Å². The molecule has 3 rings (SSSR count). The zero-order valence-corrected chi connectivity index (χ0v) is 18.6. The molecular formula is C22H28FN3O4S. The Labute approximate surface area is 182 Å². The molecule has 1 saturated heterocycles. The average molecular weight is 450 g/mol. The number of nitrogens with zero attached hydrogens (tertiary/aromatic N) is 3. The van der Waals surface area contributed by atoms with Gasteiger partial charge in [0, 0.05) is 45.2 Å². The van der Waals surface area contributed by atoms with Gasteiger partial charge >= 0.3 is 0 Å². The van der Waals surface area contributed by atoms with Crippen molar-refractivity contribution < 1.29 is 22.3 Å². The van der Waals surface area contributed by atoms with E-state index in [-0.39, 0.29) is 36.2 Å². The van der Waals surface area contributed by atoms with Crippen LogP contribution in [-0.4, -0.2) is 60.9 Å². The maximum atomic E-state index is 14.7. The van der Waals surface area contributed by atoms with Gasteiger partial charge in [-0.15, -0.1) is 0 Å². The largest absolute Gasteiger partial charge is 0.376 e. The SMILES string of the molecule is CCN(CC)S(=O)(=O)c1ccc(F)c(C(=O)N(Cc2cccnc2)CC2CCCO2)c1. The summed E-state index contributed by atoms with van der Waals surface area (Å²) in [6.45, 7) is 5.17. The van der Waals surface area contributed by atoms with Crippen molar-refractivity contribution in [3.63, 3.8) is 0 Å². The molecule has 0 radical (unpaired) electrons. The first-order chi connectivity index (χ1) is 14.9. The van der Waals surface area contributed by atoms with Crippen LogP contribution < -0.4 is 0 Å². The molecule has 0 saturated carbocycles. The predicted octanol–water partition coefficient (Wildman–Crippen LogP) is 3.07. The minimum atomic E-state index is -3.82. The molecule has 7 nitrogen and oxygen atoms in total. The average Bonchev–Trinajstić information content (AvgIpc) is 3.27. The molecule has 0 spiro atoms. The molecule has 31 heavy (non-hydrogen) atoms. The lowest BCUT2D eigenvalue weighted by Gasteiger charge is -2.26. The van der Waals surface area contributed by atoms with Crippen LogP contribution in [0.1, 0.15) is 42.6 Å². The molecule has 9 heteroatoms. The summed E-state index contributed by atoms with van der Waals surface area (Å²) in [7, 11) is -3.82. The van der Waals surface area contributed by atoms with Crippen molar-refractivity contribution >= 4 is 15.9 Å². The zero-order valence-electron chi connectivity index (χ0n) is 17.8. The number of benzene rings is 1. The number of ether oxygens (including phenoxy) is 1. The number of carbonyl (C=O) groups excluding carboxylic acids is 1. The predicted molar refractivity (Wildman–Crippen MR) is 114 cm³/mol. The molecule has 2 heterocycles. The van der Waals surface area contributed by atoms with Gasteiger partial charge in [0.1, 0.15) is 5.82 Å². The highest BCUT2D eigenvalue weighted by atomic mass is 32.2. The minimum absolute atomic E-state index is 0.0978. The molecule has 0 aliphatic carbocycles. The lowest BCUT2D eigenvalue weighted by atomic mass is 10.1. The van der Waals surface area contributed by atoms with Gasteiger partial charge in [0.15, 0.2) is 0 Å². The Bertz CT molecular complexity index is 991. The van der Waals surface area contributed by atoms with Gasteiger partial charge in [0.2, 0.25) is 10.0 Å². The van der Waals surface area contributed by atoms with Gasteiger partial charge in [0.05, 0.1) is 16.6 Å². The molecule has 0 N–H and O–H groups in total. The molecular weight excluding hydrogens is 421 g/mol. The number of sulfonamides is 1. The molecule has 1 atom stereocenters. The monoisotopic (exact) mass is 449 g/mol. The summed E-state index contributed by atoms with van der Waals surface area (Å²) in [5.74, 6) is -1.33. The molecule has 1 aliphatic heterocycles. The van der Waals surface area contributed by atoms with E-state index in [2.05, 4.69) is 4.98 Å². The maximum Gasteiger partial charge on any atom is 0.257 e. The molecule has 1 aromatic carbocycles. The lowest BCUT2D eigenvalue weighted by molar-refractivity contribution is 0.0503. The quantitative estimate of drug-likeness (QED) is 0.588. The third-order valence-electron chi connectivity index (χ3n) is 5.34. The third kappa shape index (κ3) is 5.47. The van der Waals surface area contributed by atoms with E-state index in [9.17, 15) is 17.6 Å². The zero-order chi connectivity index (χ0) is 22.4. The Morgan fingerprint density at radius 1 is 1.26 bits per heavy atom. The van der Waals surface area contributed by atoms with Crippen LogP contribution >= 0.6 is 0 Å². The van der Waals surface area contributed by atoms with Gasteiger partial charge in [0.25, 0.3) is 5.91 Å². The van der Waals surface area contributed by atoms with Crippen LogP contribution in [0.25, 0.3) is 0 Å². The summed E-state index contributed by atoms with van der Waals surface area (Å²) in [5.41, 5.74) is 0.524. The molecule has 1 aliphatic rings. The topological polar surface area (TPSA) is 79.8 Å². The Hall–Kier alpha value is -2.36. The van der Waals surface area contributed by atoms with Gasteiger partial charge in [-0.2, -0.15) is 4.31 Å². The maximum absolute atomic E-state index is 14.7. The van der Waals surface area contributed by atoms with E-state index >= 15 is 0 Å². The number of rotatable bonds is 9. The number of aromatic nitrogens is 1. The first kappa shape index (κ1) is 23.3. The van der Waals surface area contributed by atoms with E-state index in [4.69, 9.17) is 4.74 Å². The van der Waals surface area contributed by atoms with Gasteiger partial charge in [-0.25, -0.2) is 12.8 Å². The summed E-state index contributed by atoms with van der Waals surface area (Å²) in [6.07, 6.45) is 4.87. The van der Waals surface area contributed by atoms with Crippen molar-refractivity contribution in [3.05, 3.63) is 59.7 Å².